The van der Waals surface area contributed by atoms with Crippen LogP contribution >= 0.6 is 0 Å². The summed E-state index contributed by atoms with van der Waals surface area (Å²) in [4.78, 5) is 0. The summed E-state index contributed by atoms with van der Waals surface area (Å²) in [7, 11) is 0. The van der Waals surface area contributed by atoms with Gasteiger partial charge in [-0.15, -0.1) is 0 Å². The van der Waals surface area contributed by atoms with Crippen LogP contribution in [0.15, 0.2) is 30.8 Å². The van der Waals surface area contributed by atoms with Crippen molar-refractivity contribution in [1.82, 2.24) is 0 Å². The molecule has 1 heteroatoms. The van der Waals surface area contributed by atoms with Crippen LogP contribution in [0.5, 0.6) is 0 Å². The zero-order valence-corrected chi connectivity index (χ0v) is 9.03. The van der Waals surface area contributed by atoms with Crippen LogP contribution < -0.4 is 5.73 Å². The van der Waals surface area contributed by atoms with E-state index in [1.807, 2.05) is 6.08 Å². The lowest BCUT2D eigenvalue weighted by Crippen LogP contribution is -2.17. The van der Waals surface area contributed by atoms with Crippen LogP contribution in [0.2, 0.25) is 0 Å². The Morgan fingerprint density at radius 3 is 2.29 bits per heavy atom. The SMILES string of the molecule is C=Cc1ccc(C(C)CC(C)N)cc1. The molecule has 0 amide bonds. The van der Waals surface area contributed by atoms with Crippen molar-refractivity contribution in [2.75, 3.05) is 0 Å². The van der Waals surface area contributed by atoms with Crippen molar-refractivity contribution in [3.8, 4) is 0 Å². The fraction of sp³-hybridized carbons (Fsp3) is 0.385. The Morgan fingerprint density at radius 1 is 1.29 bits per heavy atom. The largest absolute Gasteiger partial charge is 0.328 e. The summed E-state index contributed by atoms with van der Waals surface area (Å²) >= 11 is 0. The summed E-state index contributed by atoms with van der Waals surface area (Å²) in [5.74, 6) is 0.536. The minimum atomic E-state index is 0.268. The molecule has 76 valence electrons. The number of nitrogens with two attached hydrogens (primary N) is 1. The highest BCUT2D eigenvalue weighted by molar-refractivity contribution is 5.47. The monoisotopic (exact) mass is 189 g/mol. The van der Waals surface area contributed by atoms with Crippen LogP contribution in [0.25, 0.3) is 6.08 Å². The number of benzene rings is 1. The maximum absolute atomic E-state index is 5.77. The standard InChI is InChI=1S/C13H19N/c1-4-12-5-7-13(8-6-12)10(2)9-11(3)14/h4-8,10-11H,1,9,14H2,2-3H3. The second kappa shape index (κ2) is 4.97. The van der Waals surface area contributed by atoms with E-state index in [0.29, 0.717) is 5.92 Å². The molecule has 1 rings (SSSR count). The van der Waals surface area contributed by atoms with Crippen molar-refractivity contribution in [3.05, 3.63) is 42.0 Å². The molecule has 0 heterocycles. The van der Waals surface area contributed by atoms with Gasteiger partial charge >= 0.3 is 0 Å². The van der Waals surface area contributed by atoms with Crippen molar-refractivity contribution >= 4 is 6.08 Å². The lowest BCUT2D eigenvalue weighted by Gasteiger charge is -2.14. The fourth-order valence-corrected chi connectivity index (χ4v) is 1.65. The summed E-state index contributed by atoms with van der Waals surface area (Å²) in [5, 5.41) is 0. The van der Waals surface area contributed by atoms with E-state index in [-0.39, 0.29) is 6.04 Å². The van der Waals surface area contributed by atoms with Crippen LogP contribution in [0.1, 0.15) is 37.3 Å². The zero-order chi connectivity index (χ0) is 10.6. The maximum atomic E-state index is 5.77. The van der Waals surface area contributed by atoms with Crippen molar-refractivity contribution in [3.63, 3.8) is 0 Å². The Hall–Kier alpha value is -1.08. The molecular weight excluding hydrogens is 170 g/mol. The molecular formula is C13H19N. The van der Waals surface area contributed by atoms with Gasteiger partial charge in [0.1, 0.15) is 0 Å². The first-order chi connectivity index (χ1) is 6.63. The van der Waals surface area contributed by atoms with Gasteiger partial charge in [0.15, 0.2) is 0 Å². The fourth-order valence-electron chi connectivity index (χ4n) is 1.65. The lowest BCUT2D eigenvalue weighted by molar-refractivity contribution is 0.586. The van der Waals surface area contributed by atoms with Crippen LogP contribution in [0.4, 0.5) is 0 Å². The Morgan fingerprint density at radius 2 is 1.86 bits per heavy atom. The molecule has 2 atom stereocenters. The highest BCUT2D eigenvalue weighted by Crippen LogP contribution is 2.20. The molecule has 0 fully saturated rings. The van der Waals surface area contributed by atoms with E-state index in [9.17, 15) is 0 Å². The molecule has 0 aliphatic carbocycles. The van der Waals surface area contributed by atoms with Crippen LogP contribution in [0, 0.1) is 0 Å². The van der Waals surface area contributed by atoms with E-state index in [4.69, 9.17) is 5.73 Å². The minimum Gasteiger partial charge on any atom is -0.328 e. The molecule has 0 radical (unpaired) electrons. The highest BCUT2D eigenvalue weighted by Gasteiger charge is 2.07. The first kappa shape index (κ1) is 11.0. The first-order valence-corrected chi connectivity index (χ1v) is 5.11. The molecule has 0 aliphatic heterocycles. The van der Waals surface area contributed by atoms with Crippen molar-refractivity contribution in [1.29, 1.82) is 0 Å². The van der Waals surface area contributed by atoms with Crippen LogP contribution in [-0.4, -0.2) is 6.04 Å². The second-order valence-corrected chi connectivity index (χ2v) is 3.98. The van der Waals surface area contributed by atoms with Gasteiger partial charge in [-0.05, 0) is 30.4 Å². The Labute approximate surface area is 86.6 Å². The molecule has 1 aromatic carbocycles. The Balaban J connectivity index is 2.71. The smallest absolute Gasteiger partial charge is 0.00162 e. The van der Waals surface area contributed by atoms with Crippen molar-refractivity contribution < 1.29 is 0 Å². The van der Waals surface area contributed by atoms with E-state index in [0.717, 1.165) is 6.42 Å². The number of hydrogen-bond acceptors (Lipinski definition) is 1. The topological polar surface area (TPSA) is 26.0 Å². The molecule has 0 saturated carbocycles. The minimum absolute atomic E-state index is 0.268. The van der Waals surface area contributed by atoms with Crippen LogP contribution in [0.3, 0.4) is 0 Å². The van der Waals surface area contributed by atoms with Gasteiger partial charge in [-0.3, -0.25) is 0 Å². The van der Waals surface area contributed by atoms with Crippen molar-refractivity contribution in [2.45, 2.75) is 32.2 Å². The molecule has 0 spiro atoms. The summed E-state index contributed by atoms with van der Waals surface area (Å²) in [6, 6.07) is 8.78. The van der Waals surface area contributed by atoms with Gasteiger partial charge in [0.25, 0.3) is 0 Å². The van der Waals surface area contributed by atoms with E-state index in [1.54, 1.807) is 0 Å². The summed E-state index contributed by atoms with van der Waals surface area (Å²) in [6.45, 7) is 8.00. The van der Waals surface area contributed by atoms with Gasteiger partial charge in [-0.2, -0.15) is 0 Å². The molecule has 1 aromatic rings. The third kappa shape index (κ3) is 3.00. The third-order valence-corrected chi connectivity index (χ3v) is 2.47. The number of hydrogen-bond donors (Lipinski definition) is 1. The highest BCUT2D eigenvalue weighted by atomic mass is 14.6. The predicted octanol–water partition coefficient (Wildman–Crippen LogP) is 3.17. The summed E-state index contributed by atoms with van der Waals surface area (Å²) in [5.41, 5.74) is 8.29. The van der Waals surface area contributed by atoms with Gasteiger partial charge in [-0.1, -0.05) is 43.8 Å². The quantitative estimate of drug-likeness (QED) is 0.773. The third-order valence-electron chi connectivity index (χ3n) is 2.47. The summed E-state index contributed by atoms with van der Waals surface area (Å²) < 4.78 is 0. The number of rotatable bonds is 4. The van der Waals surface area contributed by atoms with Gasteiger partial charge in [0.2, 0.25) is 0 Å². The normalized spacial score (nSPS) is 14.8. The molecule has 0 aliphatic rings. The lowest BCUT2D eigenvalue weighted by atomic mass is 9.94. The first-order valence-electron chi connectivity index (χ1n) is 5.11. The maximum Gasteiger partial charge on any atom is 0.00162 e. The summed E-state index contributed by atoms with van der Waals surface area (Å²) in [6.07, 6.45) is 2.90. The molecule has 0 aromatic heterocycles. The Kier molecular flexibility index (Phi) is 3.90. The predicted molar refractivity (Wildman–Crippen MR) is 63.2 cm³/mol. The van der Waals surface area contributed by atoms with Crippen LogP contribution in [-0.2, 0) is 0 Å². The van der Waals surface area contributed by atoms with Crippen molar-refractivity contribution in [2.24, 2.45) is 5.73 Å². The Bertz CT molecular complexity index is 285. The average Bonchev–Trinajstić information content (AvgIpc) is 2.17. The molecule has 2 unspecified atom stereocenters. The zero-order valence-electron chi connectivity index (χ0n) is 9.03. The van der Waals surface area contributed by atoms with Gasteiger partial charge in [-0.25, -0.2) is 0 Å². The van der Waals surface area contributed by atoms with E-state index < -0.39 is 0 Å². The molecule has 2 N–H and O–H groups in total. The van der Waals surface area contributed by atoms with Gasteiger partial charge in [0, 0.05) is 6.04 Å². The van der Waals surface area contributed by atoms with Gasteiger partial charge in [0.05, 0.1) is 0 Å². The van der Waals surface area contributed by atoms with E-state index in [2.05, 4.69) is 44.7 Å². The molecule has 0 saturated heterocycles. The molecule has 1 nitrogen and oxygen atoms in total. The molecule has 14 heavy (non-hydrogen) atoms. The van der Waals surface area contributed by atoms with E-state index >= 15 is 0 Å². The second-order valence-electron chi connectivity index (χ2n) is 3.98. The van der Waals surface area contributed by atoms with E-state index in [1.165, 1.54) is 11.1 Å². The van der Waals surface area contributed by atoms with Gasteiger partial charge < -0.3 is 5.73 Å². The molecule has 0 bridgehead atoms. The average molecular weight is 189 g/mol.